The monoisotopic (exact) mass is 373 g/mol. The second-order valence-corrected chi connectivity index (χ2v) is 7.88. The Morgan fingerprint density at radius 3 is 2.31 bits per heavy atom. The summed E-state index contributed by atoms with van der Waals surface area (Å²) < 4.78 is 27.8. The number of aromatic nitrogens is 2. The molecule has 1 atom stereocenters. The van der Waals surface area contributed by atoms with E-state index in [1.165, 1.54) is 18.2 Å². The number of benzene rings is 2. The smallest absolute Gasteiger partial charge is 0.314 e. The van der Waals surface area contributed by atoms with Crippen LogP contribution in [0, 0.1) is 0 Å². The molecule has 0 bridgehead atoms. The van der Waals surface area contributed by atoms with Crippen LogP contribution in [-0.4, -0.2) is 24.4 Å². The summed E-state index contributed by atoms with van der Waals surface area (Å²) in [5.74, 6) is 0. The SMILES string of the molecule is C[C@H](CCc1ccccc1)NS(=O)(=O)c1ccc2[nH]c(=O)c(=O)[nH]c2c1. The molecule has 0 saturated heterocycles. The predicted molar refractivity (Wildman–Crippen MR) is 99.7 cm³/mol. The van der Waals surface area contributed by atoms with Crippen molar-refractivity contribution in [2.75, 3.05) is 0 Å². The van der Waals surface area contributed by atoms with Crippen molar-refractivity contribution >= 4 is 21.1 Å². The topological polar surface area (TPSA) is 112 Å². The van der Waals surface area contributed by atoms with E-state index in [4.69, 9.17) is 0 Å². The van der Waals surface area contributed by atoms with Gasteiger partial charge in [0, 0.05) is 6.04 Å². The summed E-state index contributed by atoms with van der Waals surface area (Å²) in [7, 11) is -3.74. The van der Waals surface area contributed by atoms with Gasteiger partial charge in [-0.05, 0) is 43.5 Å². The molecule has 0 saturated carbocycles. The summed E-state index contributed by atoms with van der Waals surface area (Å²) in [5.41, 5.74) is 0.169. The first-order chi connectivity index (χ1) is 12.3. The summed E-state index contributed by atoms with van der Waals surface area (Å²) in [6, 6.07) is 13.8. The third-order valence-corrected chi connectivity index (χ3v) is 5.66. The van der Waals surface area contributed by atoms with Crippen LogP contribution in [0.2, 0.25) is 0 Å². The Morgan fingerprint density at radius 2 is 1.62 bits per heavy atom. The Bertz CT molecular complexity index is 1130. The van der Waals surface area contributed by atoms with Gasteiger partial charge >= 0.3 is 11.1 Å². The van der Waals surface area contributed by atoms with E-state index >= 15 is 0 Å². The van der Waals surface area contributed by atoms with E-state index in [0.29, 0.717) is 11.9 Å². The Labute approximate surface area is 150 Å². The maximum Gasteiger partial charge on any atom is 0.314 e. The number of rotatable bonds is 6. The predicted octanol–water partition coefficient (Wildman–Crippen LogP) is 1.52. The molecule has 0 aliphatic rings. The van der Waals surface area contributed by atoms with E-state index in [0.717, 1.165) is 12.0 Å². The number of aromatic amines is 2. The summed E-state index contributed by atoms with van der Waals surface area (Å²) >= 11 is 0. The van der Waals surface area contributed by atoms with Gasteiger partial charge in [0.15, 0.2) is 0 Å². The van der Waals surface area contributed by atoms with Gasteiger partial charge in [0.05, 0.1) is 15.9 Å². The van der Waals surface area contributed by atoms with Crippen molar-refractivity contribution in [1.29, 1.82) is 0 Å². The number of hydrogen-bond acceptors (Lipinski definition) is 4. The van der Waals surface area contributed by atoms with Crippen LogP contribution < -0.4 is 15.8 Å². The first-order valence-corrected chi connectivity index (χ1v) is 9.66. The summed E-state index contributed by atoms with van der Waals surface area (Å²) in [6.07, 6.45) is 1.41. The van der Waals surface area contributed by atoms with Crippen LogP contribution in [0.5, 0.6) is 0 Å². The lowest BCUT2D eigenvalue weighted by Gasteiger charge is -2.14. The quantitative estimate of drug-likeness (QED) is 0.569. The van der Waals surface area contributed by atoms with Crippen molar-refractivity contribution in [2.45, 2.75) is 30.7 Å². The van der Waals surface area contributed by atoms with Gasteiger partial charge in [0.1, 0.15) is 0 Å². The van der Waals surface area contributed by atoms with Gasteiger partial charge in [0.2, 0.25) is 10.0 Å². The molecule has 1 heterocycles. The molecule has 3 rings (SSSR count). The van der Waals surface area contributed by atoms with E-state index in [2.05, 4.69) is 14.7 Å². The van der Waals surface area contributed by atoms with Gasteiger partial charge < -0.3 is 9.97 Å². The largest absolute Gasteiger partial charge is 0.316 e. The van der Waals surface area contributed by atoms with Crippen molar-refractivity contribution in [3.05, 3.63) is 74.8 Å². The first-order valence-electron chi connectivity index (χ1n) is 8.18. The van der Waals surface area contributed by atoms with Crippen LogP contribution >= 0.6 is 0 Å². The molecule has 136 valence electrons. The molecule has 3 N–H and O–H groups in total. The fourth-order valence-corrected chi connectivity index (χ4v) is 3.98. The van der Waals surface area contributed by atoms with Gasteiger partial charge in [-0.2, -0.15) is 0 Å². The van der Waals surface area contributed by atoms with Gasteiger partial charge in [-0.1, -0.05) is 30.3 Å². The van der Waals surface area contributed by atoms with Crippen molar-refractivity contribution < 1.29 is 8.42 Å². The lowest BCUT2D eigenvalue weighted by Crippen LogP contribution is -2.33. The molecule has 2 aromatic carbocycles. The highest BCUT2D eigenvalue weighted by molar-refractivity contribution is 7.89. The molecule has 26 heavy (non-hydrogen) atoms. The molecule has 7 nitrogen and oxygen atoms in total. The molecule has 0 radical (unpaired) electrons. The number of fused-ring (bicyclic) bond motifs is 1. The normalized spacial score (nSPS) is 13.0. The maximum atomic E-state index is 12.6. The van der Waals surface area contributed by atoms with E-state index < -0.39 is 21.1 Å². The molecule has 0 aliphatic heterocycles. The molecule has 0 unspecified atom stereocenters. The van der Waals surface area contributed by atoms with Crippen LogP contribution in [0.1, 0.15) is 18.9 Å². The first kappa shape index (κ1) is 18.1. The third-order valence-electron chi connectivity index (χ3n) is 4.07. The van der Waals surface area contributed by atoms with Crippen molar-refractivity contribution in [2.24, 2.45) is 0 Å². The van der Waals surface area contributed by atoms with E-state index in [-0.39, 0.29) is 16.5 Å². The molecule has 0 aliphatic carbocycles. The van der Waals surface area contributed by atoms with E-state index in [1.807, 2.05) is 30.3 Å². The molecular formula is C18H19N3O4S. The highest BCUT2D eigenvalue weighted by Gasteiger charge is 2.18. The standard InChI is InChI=1S/C18H19N3O4S/c1-12(7-8-13-5-3-2-4-6-13)21-26(24,25)14-9-10-15-16(11-14)20-18(23)17(22)19-15/h2-6,9-12,21H,7-8H2,1H3,(H,19,22)(H,20,23)/t12-/m1/s1. The minimum atomic E-state index is -3.74. The highest BCUT2D eigenvalue weighted by Crippen LogP contribution is 2.15. The molecule has 0 fully saturated rings. The third kappa shape index (κ3) is 4.09. The Morgan fingerprint density at radius 1 is 0.962 bits per heavy atom. The second-order valence-electron chi connectivity index (χ2n) is 6.16. The number of aryl methyl sites for hydroxylation is 1. The average Bonchev–Trinajstić information content (AvgIpc) is 2.61. The molecule has 3 aromatic rings. The van der Waals surface area contributed by atoms with Gasteiger partial charge in [-0.25, -0.2) is 13.1 Å². The number of hydrogen-bond donors (Lipinski definition) is 3. The van der Waals surface area contributed by atoms with Gasteiger partial charge in [-0.3, -0.25) is 9.59 Å². The van der Waals surface area contributed by atoms with Crippen LogP contribution in [-0.2, 0) is 16.4 Å². The molecule has 1 aromatic heterocycles. The summed E-state index contributed by atoms with van der Waals surface area (Å²) in [5, 5.41) is 0. The minimum absolute atomic E-state index is 0.0271. The fraction of sp³-hybridized carbons (Fsp3) is 0.222. The lowest BCUT2D eigenvalue weighted by molar-refractivity contribution is 0.547. The van der Waals surface area contributed by atoms with Gasteiger partial charge in [0.25, 0.3) is 0 Å². The number of sulfonamides is 1. The average molecular weight is 373 g/mol. The van der Waals surface area contributed by atoms with Crippen molar-refractivity contribution in [3.8, 4) is 0 Å². The van der Waals surface area contributed by atoms with Crippen molar-refractivity contribution in [3.63, 3.8) is 0 Å². The zero-order chi connectivity index (χ0) is 18.7. The number of nitrogens with one attached hydrogen (secondary N) is 3. The Hall–Kier alpha value is -2.71. The Kier molecular flexibility index (Phi) is 5.06. The van der Waals surface area contributed by atoms with E-state index in [9.17, 15) is 18.0 Å². The Balaban J connectivity index is 1.77. The minimum Gasteiger partial charge on any atom is -0.316 e. The number of H-pyrrole nitrogens is 2. The lowest BCUT2D eigenvalue weighted by atomic mass is 10.1. The van der Waals surface area contributed by atoms with E-state index in [1.54, 1.807) is 6.92 Å². The molecule has 8 heteroatoms. The molecular weight excluding hydrogens is 354 g/mol. The fourth-order valence-electron chi connectivity index (χ4n) is 2.68. The maximum absolute atomic E-state index is 12.6. The summed E-state index contributed by atoms with van der Waals surface area (Å²) in [4.78, 5) is 27.6. The second kappa shape index (κ2) is 7.27. The molecule has 0 spiro atoms. The van der Waals surface area contributed by atoms with Gasteiger partial charge in [-0.15, -0.1) is 0 Å². The molecule has 0 amide bonds. The van der Waals surface area contributed by atoms with Crippen LogP contribution in [0.25, 0.3) is 11.0 Å². The van der Waals surface area contributed by atoms with Crippen molar-refractivity contribution in [1.82, 2.24) is 14.7 Å². The van der Waals surface area contributed by atoms with Crippen LogP contribution in [0.4, 0.5) is 0 Å². The van der Waals surface area contributed by atoms with Crippen LogP contribution in [0.15, 0.2) is 63.0 Å². The highest BCUT2D eigenvalue weighted by atomic mass is 32.2. The zero-order valence-corrected chi connectivity index (χ0v) is 15.0. The zero-order valence-electron chi connectivity index (χ0n) is 14.2. The van der Waals surface area contributed by atoms with Crippen LogP contribution in [0.3, 0.4) is 0 Å². The summed E-state index contributed by atoms with van der Waals surface area (Å²) in [6.45, 7) is 1.81.